The fraction of sp³-hybridized carbons (Fsp3) is 0.481. The molecule has 1 amide bonds. The quantitative estimate of drug-likeness (QED) is 0.836. The molecule has 1 aliphatic heterocycles. The molecule has 6 fully saturated rings. The van der Waals surface area contributed by atoms with Crippen molar-refractivity contribution >= 4 is 11.7 Å². The molecular formula is C27H25NO3. The van der Waals surface area contributed by atoms with Crippen LogP contribution in [0.4, 0.5) is 0 Å². The van der Waals surface area contributed by atoms with Gasteiger partial charge in [-0.15, -0.1) is 0 Å². The number of ether oxygens (including phenoxy) is 1. The molecule has 1 heterocycles. The summed E-state index contributed by atoms with van der Waals surface area (Å²) in [7, 11) is 0. The minimum atomic E-state index is -0.310. The van der Waals surface area contributed by atoms with Gasteiger partial charge in [0.05, 0.1) is 12.0 Å². The van der Waals surface area contributed by atoms with Crippen molar-refractivity contribution in [1.82, 2.24) is 5.32 Å². The standard InChI is InChI=1S/C27H25NO3/c29-25-21-17-11-18-22-20(17)24(25)27(22,23(18)21)26(30)28-12-13-3-5-14(6-4-13)15-7-8-19-16(10-15)2-1-9-31-19/h3-8,10,17-18,20-24H,1-2,9,11-12H2,(H,28,30). The summed E-state index contributed by atoms with van der Waals surface area (Å²) in [5, 5.41) is 3.22. The van der Waals surface area contributed by atoms with Gasteiger partial charge in [0.1, 0.15) is 11.5 Å². The van der Waals surface area contributed by atoms with Crippen LogP contribution in [-0.2, 0) is 22.6 Å². The maximum absolute atomic E-state index is 13.3. The van der Waals surface area contributed by atoms with Crippen molar-refractivity contribution in [3.63, 3.8) is 0 Å². The van der Waals surface area contributed by atoms with Crippen LogP contribution >= 0.6 is 0 Å². The Bertz CT molecular complexity index is 1170. The molecule has 31 heavy (non-hydrogen) atoms. The molecule has 0 aromatic heterocycles. The molecule has 2 aromatic rings. The van der Waals surface area contributed by atoms with E-state index in [1.165, 1.54) is 23.1 Å². The summed E-state index contributed by atoms with van der Waals surface area (Å²) in [5.74, 6) is 4.67. The number of Topliss-reactive ketones (excluding diaryl/α,β-unsaturated/α-hetero) is 1. The van der Waals surface area contributed by atoms with Gasteiger partial charge in [0, 0.05) is 18.4 Å². The van der Waals surface area contributed by atoms with Crippen molar-refractivity contribution in [3.05, 3.63) is 53.6 Å². The van der Waals surface area contributed by atoms with E-state index in [0.717, 1.165) is 30.8 Å². The van der Waals surface area contributed by atoms with Crippen LogP contribution in [0.25, 0.3) is 11.1 Å². The summed E-state index contributed by atoms with van der Waals surface area (Å²) in [6.07, 6.45) is 3.37. The van der Waals surface area contributed by atoms with Gasteiger partial charge < -0.3 is 10.1 Å². The highest BCUT2D eigenvalue weighted by atomic mass is 16.5. The Morgan fingerprint density at radius 2 is 1.90 bits per heavy atom. The van der Waals surface area contributed by atoms with Crippen LogP contribution in [0.3, 0.4) is 0 Å². The average Bonchev–Trinajstić information content (AvgIpc) is 3.33. The molecule has 6 aliphatic carbocycles. The lowest BCUT2D eigenvalue weighted by molar-refractivity contribution is -0.248. The first-order chi connectivity index (χ1) is 15.2. The second-order valence-corrected chi connectivity index (χ2v) is 10.7. The van der Waals surface area contributed by atoms with Crippen molar-refractivity contribution in [3.8, 4) is 16.9 Å². The van der Waals surface area contributed by atoms with E-state index in [9.17, 15) is 9.59 Å². The highest BCUT2D eigenvalue weighted by Gasteiger charge is 2.96. The van der Waals surface area contributed by atoms with Crippen molar-refractivity contribution in [1.29, 1.82) is 0 Å². The number of benzene rings is 2. The molecule has 4 heteroatoms. The lowest BCUT2D eigenvalue weighted by Crippen LogP contribution is -2.75. The van der Waals surface area contributed by atoms with E-state index in [1.54, 1.807) is 0 Å². The predicted molar refractivity (Wildman–Crippen MR) is 114 cm³/mol. The molecule has 7 aliphatic rings. The third kappa shape index (κ3) is 1.75. The molecular weight excluding hydrogens is 386 g/mol. The molecule has 0 radical (unpaired) electrons. The number of amides is 1. The fourth-order valence-corrected chi connectivity index (χ4v) is 9.11. The number of rotatable bonds is 4. The Morgan fingerprint density at radius 3 is 2.74 bits per heavy atom. The maximum Gasteiger partial charge on any atom is 0.227 e. The van der Waals surface area contributed by atoms with E-state index in [-0.39, 0.29) is 23.2 Å². The number of fused-ring (bicyclic) bond motifs is 1. The van der Waals surface area contributed by atoms with Crippen LogP contribution in [0.15, 0.2) is 42.5 Å². The van der Waals surface area contributed by atoms with Crippen LogP contribution in [0.5, 0.6) is 5.75 Å². The minimum absolute atomic E-state index is 0.0617. The van der Waals surface area contributed by atoms with Crippen molar-refractivity contribution < 1.29 is 14.3 Å². The summed E-state index contributed by atoms with van der Waals surface area (Å²) < 4.78 is 5.72. The molecule has 0 saturated heterocycles. The zero-order valence-corrected chi connectivity index (χ0v) is 17.3. The lowest BCUT2D eigenvalue weighted by Gasteiger charge is -2.70. The summed E-state index contributed by atoms with van der Waals surface area (Å²) in [4.78, 5) is 26.0. The smallest absolute Gasteiger partial charge is 0.227 e. The first-order valence-corrected chi connectivity index (χ1v) is 11.9. The maximum atomic E-state index is 13.3. The molecule has 4 nitrogen and oxygen atoms in total. The van der Waals surface area contributed by atoms with E-state index < -0.39 is 0 Å². The van der Waals surface area contributed by atoms with Crippen LogP contribution in [-0.4, -0.2) is 18.3 Å². The molecule has 2 aromatic carbocycles. The molecule has 6 saturated carbocycles. The average molecular weight is 412 g/mol. The number of carbonyl (C=O) groups is 2. The van der Waals surface area contributed by atoms with Gasteiger partial charge in [-0.25, -0.2) is 0 Å². The Balaban J connectivity index is 0.987. The summed E-state index contributed by atoms with van der Waals surface area (Å²) >= 11 is 0. The summed E-state index contributed by atoms with van der Waals surface area (Å²) in [6.45, 7) is 1.36. The highest BCUT2D eigenvalue weighted by Crippen LogP contribution is 2.92. The van der Waals surface area contributed by atoms with Gasteiger partial charge in [-0.1, -0.05) is 30.3 Å². The molecule has 9 rings (SSSR count). The molecule has 4 bridgehead atoms. The number of nitrogens with one attached hydrogen (secondary N) is 1. The monoisotopic (exact) mass is 411 g/mol. The van der Waals surface area contributed by atoms with Gasteiger partial charge in [0.25, 0.3) is 0 Å². The van der Waals surface area contributed by atoms with E-state index in [4.69, 9.17) is 4.74 Å². The van der Waals surface area contributed by atoms with Crippen molar-refractivity contribution in [2.45, 2.75) is 25.8 Å². The van der Waals surface area contributed by atoms with Crippen LogP contribution in [0.1, 0.15) is 24.0 Å². The van der Waals surface area contributed by atoms with Gasteiger partial charge in [-0.2, -0.15) is 0 Å². The van der Waals surface area contributed by atoms with E-state index in [1.807, 2.05) is 0 Å². The zero-order chi connectivity index (χ0) is 20.5. The number of ketones is 1. The molecule has 8 atom stereocenters. The SMILES string of the molecule is O=C1C2C3CC4C2C2(C(=O)NCc5ccc(-c6ccc7c(c6)CCCO7)cc5)C1C3C42. The number of carbonyl (C=O) groups excluding carboxylic acids is 2. The minimum Gasteiger partial charge on any atom is -0.493 e. The van der Waals surface area contributed by atoms with E-state index >= 15 is 0 Å². The van der Waals surface area contributed by atoms with Gasteiger partial charge in [0.2, 0.25) is 5.91 Å². The van der Waals surface area contributed by atoms with Crippen LogP contribution in [0, 0.1) is 46.8 Å². The Kier molecular flexibility index (Phi) is 2.96. The third-order valence-electron chi connectivity index (χ3n) is 9.90. The lowest BCUT2D eigenvalue weighted by atomic mass is 9.31. The van der Waals surface area contributed by atoms with Gasteiger partial charge in [-0.05, 0) is 83.2 Å². The fourth-order valence-electron chi connectivity index (χ4n) is 9.11. The predicted octanol–water partition coefficient (Wildman–Crippen LogP) is 3.62. The van der Waals surface area contributed by atoms with Crippen molar-refractivity contribution in [2.24, 2.45) is 46.8 Å². The Labute approximate surface area is 181 Å². The first kappa shape index (κ1) is 17.0. The molecule has 8 unspecified atom stereocenters. The molecule has 0 spiro atoms. The first-order valence-electron chi connectivity index (χ1n) is 11.9. The van der Waals surface area contributed by atoms with Crippen LogP contribution in [0.2, 0.25) is 0 Å². The van der Waals surface area contributed by atoms with Gasteiger partial charge in [-0.3, -0.25) is 9.59 Å². The van der Waals surface area contributed by atoms with Gasteiger partial charge in [0.15, 0.2) is 0 Å². The topological polar surface area (TPSA) is 55.4 Å². The van der Waals surface area contributed by atoms with Crippen LogP contribution < -0.4 is 10.1 Å². The van der Waals surface area contributed by atoms with E-state index in [2.05, 4.69) is 47.8 Å². The normalized spacial score (nSPS) is 41.4. The summed E-state index contributed by atoms with van der Waals surface area (Å²) in [5.41, 5.74) is 4.48. The Morgan fingerprint density at radius 1 is 1.06 bits per heavy atom. The zero-order valence-electron chi connectivity index (χ0n) is 17.3. The number of hydrogen-bond donors (Lipinski definition) is 1. The third-order valence-corrected chi connectivity index (χ3v) is 9.90. The second-order valence-electron chi connectivity index (χ2n) is 10.7. The number of hydrogen-bond acceptors (Lipinski definition) is 3. The largest absolute Gasteiger partial charge is 0.493 e. The number of aryl methyl sites for hydroxylation is 1. The second kappa shape index (κ2) is 5.40. The summed E-state index contributed by atoms with van der Waals surface area (Å²) in [6, 6.07) is 14.9. The Hall–Kier alpha value is -2.62. The van der Waals surface area contributed by atoms with Gasteiger partial charge >= 0.3 is 0 Å². The highest BCUT2D eigenvalue weighted by molar-refractivity contribution is 6.04. The van der Waals surface area contributed by atoms with E-state index in [0.29, 0.717) is 41.9 Å². The van der Waals surface area contributed by atoms with Crippen molar-refractivity contribution in [2.75, 3.05) is 6.61 Å². The molecule has 1 N–H and O–H groups in total. The molecule has 156 valence electrons.